The molecule has 0 aliphatic rings. The minimum atomic E-state index is -0.354. The van der Waals surface area contributed by atoms with E-state index in [1.54, 1.807) is 12.1 Å². The molecule has 1 aromatic carbocycles. The third-order valence-electron chi connectivity index (χ3n) is 1.52. The Balaban J connectivity index is 2.53. The molecule has 0 aromatic heterocycles. The average molecular weight is 167 g/mol. The second-order valence-electron chi connectivity index (χ2n) is 2.47. The number of benzene rings is 1. The summed E-state index contributed by atoms with van der Waals surface area (Å²) in [4.78, 5) is 9.64. The van der Waals surface area contributed by atoms with Crippen LogP contribution in [0.1, 0.15) is 5.56 Å². The fraction of sp³-hybridized carbons (Fsp3) is 0.250. The molecular formula is C8H9NO3. The first-order valence-corrected chi connectivity index (χ1v) is 3.58. The molecule has 4 nitrogen and oxygen atoms in total. The summed E-state index contributed by atoms with van der Waals surface area (Å²) in [5.41, 5.74) is 0.865. The minimum absolute atomic E-state index is 0.0647. The molecule has 0 aliphatic heterocycles. The zero-order chi connectivity index (χ0) is 8.97. The van der Waals surface area contributed by atoms with Crippen LogP contribution in [0.2, 0.25) is 0 Å². The lowest BCUT2D eigenvalue weighted by atomic mass is 10.1. The number of phenolic OH excluding ortho intramolecular Hbond substituents is 1. The van der Waals surface area contributed by atoms with Gasteiger partial charge in [0.15, 0.2) is 0 Å². The third kappa shape index (κ3) is 2.57. The lowest BCUT2D eigenvalue weighted by molar-refractivity contribution is -0.479. The van der Waals surface area contributed by atoms with Crippen molar-refractivity contribution < 1.29 is 10.0 Å². The summed E-state index contributed by atoms with van der Waals surface area (Å²) in [5, 5.41) is 18.9. The first-order chi connectivity index (χ1) is 5.68. The van der Waals surface area contributed by atoms with Gasteiger partial charge in [0.2, 0.25) is 6.54 Å². The molecule has 0 saturated heterocycles. The molecule has 0 unspecified atom stereocenters. The van der Waals surface area contributed by atoms with Crippen LogP contribution < -0.4 is 0 Å². The van der Waals surface area contributed by atoms with Crippen molar-refractivity contribution in [2.75, 3.05) is 6.54 Å². The summed E-state index contributed by atoms with van der Waals surface area (Å²) < 4.78 is 0. The third-order valence-corrected chi connectivity index (χ3v) is 1.52. The molecule has 1 rings (SSSR count). The smallest absolute Gasteiger partial charge is 0.207 e. The number of hydrogen-bond acceptors (Lipinski definition) is 3. The number of phenols is 1. The van der Waals surface area contributed by atoms with E-state index in [9.17, 15) is 10.1 Å². The highest BCUT2D eigenvalue weighted by Gasteiger charge is 1.98. The average Bonchev–Trinajstić information content (AvgIpc) is 2.03. The Hall–Kier alpha value is -1.58. The molecule has 4 heteroatoms. The Morgan fingerprint density at radius 2 is 1.92 bits per heavy atom. The summed E-state index contributed by atoms with van der Waals surface area (Å²) >= 11 is 0. The maximum atomic E-state index is 10.00. The highest BCUT2D eigenvalue weighted by atomic mass is 16.6. The van der Waals surface area contributed by atoms with Crippen molar-refractivity contribution >= 4 is 0 Å². The quantitative estimate of drug-likeness (QED) is 0.543. The van der Waals surface area contributed by atoms with Crippen molar-refractivity contribution in [1.82, 2.24) is 0 Å². The summed E-state index contributed by atoms with van der Waals surface area (Å²) in [6.45, 7) is -0.0647. The molecule has 0 spiro atoms. The Bertz CT molecular complexity index is 268. The second kappa shape index (κ2) is 3.71. The monoisotopic (exact) mass is 167 g/mol. The summed E-state index contributed by atoms with van der Waals surface area (Å²) in [7, 11) is 0. The van der Waals surface area contributed by atoms with Gasteiger partial charge in [0, 0.05) is 11.3 Å². The Morgan fingerprint density at radius 1 is 1.33 bits per heavy atom. The van der Waals surface area contributed by atoms with Crippen LogP contribution in [-0.4, -0.2) is 16.6 Å². The highest BCUT2D eigenvalue weighted by Crippen LogP contribution is 2.09. The molecule has 12 heavy (non-hydrogen) atoms. The minimum Gasteiger partial charge on any atom is -0.508 e. The number of nitrogens with zero attached hydrogens (tertiary/aromatic N) is 1. The Labute approximate surface area is 69.6 Å². The maximum Gasteiger partial charge on any atom is 0.207 e. The number of aromatic hydroxyl groups is 1. The Kier molecular flexibility index (Phi) is 2.63. The van der Waals surface area contributed by atoms with Crippen molar-refractivity contribution in [1.29, 1.82) is 0 Å². The van der Waals surface area contributed by atoms with Crippen molar-refractivity contribution in [2.45, 2.75) is 6.42 Å². The van der Waals surface area contributed by atoms with Crippen LogP contribution in [0.25, 0.3) is 0 Å². The van der Waals surface area contributed by atoms with Crippen LogP contribution in [0.3, 0.4) is 0 Å². The molecule has 0 fully saturated rings. The second-order valence-corrected chi connectivity index (χ2v) is 2.47. The zero-order valence-corrected chi connectivity index (χ0v) is 6.43. The van der Waals surface area contributed by atoms with Crippen molar-refractivity contribution in [3.63, 3.8) is 0 Å². The van der Waals surface area contributed by atoms with Gasteiger partial charge in [-0.25, -0.2) is 0 Å². The SMILES string of the molecule is O=[N+]([O-])CCc1ccc(O)cc1. The van der Waals surface area contributed by atoms with Crippen molar-refractivity contribution in [3.05, 3.63) is 39.9 Å². The molecule has 1 aromatic rings. The molecular weight excluding hydrogens is 158 g/mol. The van der Waals surface area contributed by atoms with Gasteiger partial charge in [-0.2, -0.15) is 0 Å². The number of rotatable bonds is 3. The molecule has 0 aliphatic carbocycles. The van der Waals surface area contributed by atoms with Gasteiger partial charge in [-0.3, -0.25) is 10.1 Å². The summed E-state index contributed by atoms with van der Waals surface area (Å²) in [6, 6.07) is 6.40. The van der Waals surface area contributed by atoms with Gasteiger partial charge in [-0.15, -0.1) is 0 Å². The predicted molar refractivity (Wildman–Crippen MR) is 43.7 cm³/mol. The van der Waals surface area contributed by atoms with E-state index >= 15 is 0 Å². The zero-order valence-electron chi connectivity index (χ0n) is 6.43. The molecule has 0 bridgehead atoms. The van der Waals surface area contributed by atoms with Gasteiger partial charge in [-0.1, -0.05) is 12.1 Å². The molecule has 0 heterocycles. The fourth-order valence-electron chi connectivity index (χ4n) is 0.883. The molecule has 0 amide bonds. The molecule has 0 saturated carbocycles. The van der Waals surface area contributed by atoms with E-state index < -0.39 is 0 Å². The lowest BCUT2D eigenvalue weighted by Crippen LogP contribution is -2.03. The first kappa shape index (κ1) is 8.52. The highest BCUT2D eigenvalue weighted by molar-refractivity contribution is 5.25. The van der Waals surface area contributed by atoms with Crippen LogP contribution in [0, 0.1) is 10.1 Å². The van der Waals surface area contributed by atoms with Crippen LogP contribution >= 0.6 is 0 Å². The van der Waals surface area contributed by atoms with Crippen LogP contribution in [0.5, 0.6) is 5.75 Å². The molecule has 0 atom stereocenters. The standard InChI is InChI=1S/C8H9NO3/c10-8-3-1-7(2-4-8)5-6-9(11)12/h1-4,10H,5-6H2. The maximum absolute atomic E-state index is 10.00. The van der Waals surface area contributed by atoms with E-state index in [4.69, 9.17) is 5.11 Å². The van der Waals surface area contributed by atoms with E-state index in [1.807, 2.05) is 0 Å². The lowest BCUT2D eigenvalue weighted by Gasteiger charge is -1.96. The molecule has 0 radical (unpaired) electrons. The van der Waals surface area contributed by atoms with Gasteiger partial charge in [0.1, 0.15) is 5.75 Å². The van der Waals surface area contributed by atoms with Gasteiger partial charge in [-0.05, 0) is 17.7 Å². The molecule has 1 N–H and O–H groups in total. The number of nitro groups is 1. The van der Waals surface area contributed by atoms with Crippen molar-refractivity contribution in [3.8, 4) is 5.75 Å². The van der Waals surface area contributed by atoms with E-state index in [0.29, 0.717) is 6.42 Å². The van der Waals surface area contributed by atoms with Gasteiger partial charge < -0.3 is 5.11 Å². The topological polar surface area (TPSA) is 63.4 Å². The Morgan fingerprint density at radius 3 is 2.42 bits per heavy atom. The van der Waals surface area contributed by atoms with Crippen LogP contribution in [0.15, 0.2) is 24.3 Å². The van der Waals surface area contributed by atoms with E-state index in [2.05, 4.69) is 0 Å². The first-order valence-electron chi connectivity index (χ1n) is 3.58. The summed E-state index contributed by atoms with van der Waals surface area (Å²) in [5.74, 6) is 0.180. The van der Waals surface area contributed by atoms with E-state index in [0.717, 1.165) is 5.56 Å². The van der Waals surface area contributed by atoms with E-state index in [-0.39, 0.29) is 17.2 Å². The summed E-state index contributed by atoms with van der Waals surface area (Å²) in [6.07, 6.45) is 0.410. The van der Waals surface area contributed by atoms with Gasteiger partial charge in [0.25, 0.3) is 0 Å². The number of hydrogen-bond donors (Lipinski definition) is 1. The normalized spacial score (nSPS) is 9.67. The van der Waals surface area contributed by atoms with Crippen LogP contribution in [-0.2, 0) is 6.42 Å². The van der Waals surface area contributed by atoms with E-state index in [1.165, 1.54) is 12.1 Å². The van der Waals surface area contributed by atoms with Gasteiger partial charge >= 0.3 is 0 Å². The predicted octanol–water partition coefficient (Wildman–Crippen LogP) is 1.21. The van der Waals surface area contributed by atoms with Gasteiger partial charge in [0.05, 0.1) is 0 Å². The van der Waals surface area contributed by atoms with Crippen molar-refractivity contribution in [2.24, 2.45) is 0 Å². The largest absolute Gasteiger partial charge is 0.508 e. The van der Waals surface area contributed by atoms with Crippen LogP contribution in [0.4, 0.5) is 0 Å². The molecule has 64 valence electrons. The fourth-order valence-corrected chi connectivity index (χ4v) is 0.883.